The van der Waals surface area contributed by atoms with Crippen LogP contribution in [0.3, 0.4) is 0 Å². The molecule has 0 aromatic carbocycles. The molecule has 72 valence electrons. The molecule has 0 saturated carbocycles. The summed E-state index contributed by atoms with van der Waals surface area (Å²) in [6, 6.07) is 0. The van der Waals surface area contributed by atoms with Gasteiger partial charge in [0.2, 0.25) is 0 Å². The fraction of sp³-hybridized carbons (Fsp3) is 1.00. The van der Waals surface area contributed by atoms with E-state index in [0.717, 1.165) is 19.0 Å². The molecule has 1 rings (SSSR count). The summed E-state index contributed by atoms with van der Waals surface area (Å²) in [6.45, 7) is 10.8. The SMILES string of the molecule is C[C@@H]1CCCN(OC(C)(C)C)C1. The minimum atomic E-state index is -0.0307. The molecule has 1 fully saturated rings. The lowest BCUT2D eigenvalue weighted by Crippen LogP contribution is -2.40. The largest absolute Gasteiger partial charge is 0.293 e. The fourth-order valence-corrected chi connectivity index (χ4v) is 1.62. The summed E-state index contributed by atoms with van der Waals surface area (Å²) in [7, 11) is 0. The second kappa shape index (κ2) is 3.75. The van der Waals surface area contributed by atoms with Crippen molar-refractivity contribution in [1.82, 2.24) is 5.06 Å². The molecule has 0 aromatic heterocycles. The fourth-order valence-electron chi connectivity index (χ4n) is 1.62. The summed E-state index contributed by atoms with van der Waals surface area (Å²) < 4.78 is 0. The highest BCUT2D eigenvalue weighted by atomic mass is 16.7. The summed E-state index contributed by atoms with van der Waals surface area (Å²) in [5, 5.41) is 2.12. The van der Waals surface area contributed by atoms with Gasteiger partial charge in [0.05, 0.1) is 5.60 Å². The summed E-state index contributed by atoms with van der Waals surface area (Å²) in [4.78, 5) is 5.78. The molecular weight excluding hydrogens is 150 g/mol. The first-order valence-corrected chi connectivity index (χ1v) is 4.91. The van der Waals surface area contributed by atoms with Gasteiger partial charge in [-0.1, -0.05) is 6.92 Å². The number of hydroxylamine groups is 2. The van der Waals surface area contributed by atoms with Crippen LogP contribution in [0.25, 0.3) is 0 Å². The normalized spacial score (nSPS) is 27.5. The Morgan fingerprint density at radius 2 is 2.00 bits per heavy atom. The Labute approximate surface area is 75.8 Å². The van der Waals surface area contributed by atoms with Crippen LogP contribution in [0.5, 0.6) is 0 Å². The van der Waals surface area contributed by atoms with Gasteiger partial charge >= 0.3 is 0 Å². The van der Waals surface area contributed by atoms with Crippen molar-refractivity contribution in [2.45, 2.75) is 46.1 Å². The van der Waals surface area contributed by atoms with Crippen LogP contribution in [0.2, 0.25) is 0 Å². The van der Waals surface area contributed by atoms with E-state index in [-0.39, 0.29) is 5.60 Å². The van der Waals surface area contributed by atoms with Crippen molar-refractivity contribution in [3.05, 3.63) is 0 Å². The van der Waals surface area contributed by atoms with E-state index >= 15 is 0 Å². The molecule has 0 unspecified atom stereocenters. The second-order valence-corrected chi connectivity index (χ2v) is 4.84. The first kappa shape index (κ1) is 10.0. The van der Waals surface area contributed by atoms with Crippen LogP contribution in [0, 0.1) is 5.92 Å². The Balaban J connectivity index is 2.32. The van der Waals surface area contributed by atoms with Crippen LogP contribution >= 0.6 is 0 Å². The molecule has 0 spiro atoms. The van der Waals surface area contributed by atoms with Crippen molar-refractivity contribution < 1.29 is 4.84 Å². The second-order valence-electron chi connectivity index (χ2n) is 4.84. The van der Waals surface area contributed by atoms with E-state index in [9.17, 15) is 0 Å². The Kier molecular flexibility index (Phi) is 3.13. The Morgan fingerprint density at radius 3 is 2.50 bits per heavy atom. The van der Waals surface area contributed by atoms with Crippen LogP contribution in [0.1, 0.15) is 40.5 Å². The first-order valence-electron chi connectivity index (χ1n) is 4.91. The van der Waals surface area contributed by atoms with Gasteiger partial charge in [0, 0.05) is 13.1 Å². The molecule has 1 heterocycles. The van der Waals surface area contributed by atoms with Crippen LogP contribution in [0.4, 0.5) is 0 Å². The van der Waals surface area contributed by atoms with Gasteiger partial charge in [0.15, 0.2) is 0 Å². The maximum Gasteiger partial charge on any atom is 0.0815 e. The van der Waals surface area contributed by atoms with E-state index in [1.807, 2.05) is 0 Å². The van der Waals surface area contributed by atoms with Crippen LogP contribution in [0.15, 0.2) is 0 Å². The van der Waals surface area contributed by atoms with Crippen LogP contribution in [-0.4, -0.2) is 23.8 Å². The molecule has 1 atom stereocenters. The number of piperidine rings is 1. The predicted octanol–water partition coefficient (Wildman–Crippen LogP) is 2.45. The van der Waals surface area contributed by atoms with E-state index in [2.05, 4.69) is 32.8 Å². The van der Waals surface area contributed by atoms with Crippen LogP contribution in [-0.2, 0) is 4.84 Å². The van der Waals surface area contributed by atoms with Gasteiger partial charge in [-0.05, 0) is 39.5 Å². The molecule has 0 N–H and O–H groups in total. The lowest BCUT2D eigenvalue weighted by atomic mass is 10.0. The number of hydrogen-bond acceptors (Lipinski definition) is 2. The average Bonchev–Trinajstić information content (AvgIpc) is 1.82. The maximum absolute atomic E-state index is 5.78. The zero-order valence-electron chi connectivity index (χ0n) is 8.76. The van der Waals surface area contributed by atoms with Crippen molar-refractivity contribution in [2.24, 2.45) is 5.92 Å². The van der Waals surface area contributed by atoms with Crippen molar-refractivity contribution in [3.8, 4) is 0 Å². The average molecular weight is 171 g/mol. The van der Waals surface area contributed by atoms with E-state index in [0.29, 0.717) is 0 Å². The Bertz CT molecular complexity index is 139. The first-order chi connectivity index (χ1) is 5.47. The highest BCUT2D eigenvalue weighted by molar-refractivity contribution is 4.66. The predicted molar refractivity (Wildman–Crippen MR) is 50.8 cm³/mol. The molecule has 0 amide bonds. The minimum absolute atomic E-state index is 0.0307. The number of nitrogens with zero attached hydrogens (tertiary/aromatic N) is 1. The van der Waals surface area contributed by atoms with E-state index in [4.69, 9.17) is 4.84 Å². The third-order valence-electron chi connectivity index (χ3n) is 2.02. The molecule has 1 aliphatic heterocycles. The van der Waals surface area contributed by atoms with Gasteiger partial charge < -0.3 is 0 Å². The van der Waals surface area contributed by atoms with Crippen molar-refractivity contribution in [2.75, 3.05) is 13.1 Å². The molecule has 2 heteroatoms. The van der Waals surface area contributed by atoms with Crippen molar-refractivity contribution in [3.63, 3.8) is 0 Å². The molecule has 0 bridgehead atoms. The summed E-state index contributed by atoms with van der Waals surface area (Å²) in [5.41, 5.74) is -0.0307. The van der Waals surface area contributed by atoms with Gasteiger partial charge in [-0.15, -0.1) is 0 Å². The Hall–Kier alpha value is -0.0800. The summed E-state index contributed by atoms with van der Waals surface area (Å²) in [5.74, 6) is 0.793. The van der Waals surface area contributed by atoms with E-state index in [1.54, 1.807) is 0 Å². The smallest absolute Gasteiger partial charge is 0.0815 e. The van der Waals surface area contributed by atoms with E-state index < -0.39 is 0 Å². The summed E-state index contributed by atoms with van der Waals surface area (Å²) >= 11 is 0. The van der Waals surface area contributed by atoms with Crippen LogP contribution < -0.4 is 0 Å². The standard InChI is InChI=1S/C10H21NO/c1-9-6-5-7-11(8-9)12-10(2,3)4/h9H,5-8H2,1-4H3/t9-/m1/s1. The molecule has 12 heavy (non-hydrogen) atoms. The quantitative estimate of drug-likeness (QED) is 0.601. The third kappa shape index (κ3) is 3.55. The maximum atomic E-state index is 5.78. The van der Waals surface area contributed by atoms with Gasteiger partial charge in [-0.3, -0.25) is 4.84 Å². The topological polar surface area (TPSA) is 12.5 Å². The number of hydrogen-bond donors (Lipinski definition) is 0. The highest BCUT2D eigenvalue weighted by Gasteiger charge is 2.21. The lowest BCUT2D eigenvalue weighted by Gasteiger charge is -2.34. The highest BCUT2D eigenvalue weighted by Crippen LogP contribution is 2.19. The van der Waals surface area contributed by atoms with Crippen molar-refractivity contribution >= 4 is 0 Å². The molecular formula is C10H21NO. The molecule has 1 aliphatic rings. The van der Waals surface area contributed by atoms with E-state index in [1.165, 1.54) is 12.8 Å². The third-order valence-corrected chi connectivity index (χ3v) is 2.02. The molecule has 0 aromatic rings. The number of rotatable bonds is 1. The molecule has 0 radical (unpaired) electrons. The lowest BCUT2D eigenvalue weighted by molar-refractivity contribution is -0.240. The van der Waals surface area contributed by atoms with Gasteiger partial charge in [-0.2, -0.15) is 5.06 Å². The minimum Gasteiger partial charge on any atom is -0.293 e. The van der Waals surface area contributed by atoms with Crippen molar-refractivity contribution in [1.29, 1.82) is 0 Å². The molecule has 2 nitrogen and oxygen atoms in total. The Morgan fingerprint density at radius 1 is 1.33 bits per heavy atom. The van der Waals surface area contributed by atoms with Gasteiger partial charge in [-0.25, -0.2) is 0 Å². The summed E-state index contributed by atoms with van der Waals surface area (Å²) in [6.07, 6.45) is 2.63. The zero-order valence-corrected chi connectivity index (χ0v) is 8.76. The van der Waals surface area contributed by atoms with Gasteiger partial charge in [0.25, 0.3) is 0 Å². The zero-order chi connectivity index (χ0) is 9.19. The molecule has 1 saturated heterocycles. The molecule has 0 aliphatic carbocycles. The van der Waals surface area contributed by atoms with Gasteiger partial charge in [0.1, 0.15) is 0 Å². The monoisotopic (exact) mass is 171 g/mol.